The summed E-state index contributed by atoms with van der Waals surface area (Å²) < 4.78 is 9.03. The van der Waals surface area contributed by atoms with Crippen molar-refractivity contribution in [1.82, 2.24) is 0 Å². The summed E-state index contributed by atoms with van der Waals surface area (Å²) in [5.41, 5.74) is 1.41. The van der Waals surface area contributed by atoms with Crippen molar-refractivity contribution >= 4 is 23.0 Å². The second-order valence-electron chi connectivity index (χ2n) is 3.87. The summed E-state index contributed by atoms with van der Waals surface area (Å²) >= 11 is 4.94. The lowest BCUT2D eigenvalue weighted by Crippen LogP contribution is -2.09. The minimum Gasteiger partial charge on any atom is -0.424 e. The molecule has 0 aliphatic carbocycles. The molecule has 0 amide bonds. The van der Waals surface area contributed by atoms with Crippen molar-refractivity contribution in [1.29, 1.82) is 0 Å². The van der Waals surface area contributed by atoms with Crippen LogP contribution in [-0.2, 0) is 9.47 Å². The minimum atomic E-state index is -1.02. The molecule has 5 heteroatoms. The van der Waals surface area contributed by atoms with Gasteiger partial charge in [-0.25, -0.2) is 9.59 Å². The van der Waals surface area contributed by atoms with Gasteiger partial charge >= 0.3 is 11.4 Å². The van der Waals surface area contributed by atoms with Crippen molar-refractivity contribution < 1.29 is 19.1 Å². The van der Waals surface area contributed by atoms with E-state index in [1.165, 1.54) is 0 Å². The number of hydrogen-bond acceptors (Lipinski definition) is 4. The predicted molar refractivity (Wildman–Crippen MR) is 74.5 cm³/mol. The second-order valence-corrected chi connectivity index (χ2v) is 4.18. The van der Waals surface area contributed by atoms with Gasteiger partial charge in [-0.2, -0.15) is 0 Å². The molecule has 0 saturated heterocycles. The molecule has 0 saturated carbocycles. The number of rotatable bonds is 4. The Bertz CT molecular complexity index is 593. The Morgan fingerprint density at radius 1 is 0.850 bits per heavy atom. The Hall–Kier alpha value is -2.33. The van der Waals surface area contributed by atoms with Crippen LogP contribution in [0.1, 0.15) is 10.4 Å². The number of esters is 1. The van der Waals surface area contributed by atoms with Gasteiger partial charge in [0, 0.05) is 11.6 Å². The third-order valence-electron chi connectivity index (χ3n) is 2.59. The van der Waals surface area contributed by atoms with Crippen LogP contribution in [-0.4, -0.2) is 18.2 Å². The van der Waals surface area contributed by atoms with E-state index in [2.05, 4.69) is 4.74 Å². The van der Waals surface area contributed by atoms with Crippen LogP contribution < -0.4 is 0 Å². The van der Waals surface area contributed by atoms with E-state index < -0.39 is 18.2 Å². The van der Waals surface area contributed by atoms with E-state index in [9.17, 15) is 9.59 Å². The van der Waals surface area contributed by atoms with Crippen molar-refractivity contribution in [3.05, 3.63) is 60.2 Å². The summed E-state index contributed by atoms with van der Waals surface area (Å²) in [5.74, 6) is -0.581. The average Bonchev–Trinajstić information content (AvgIpc) is 2.48. The Morgan fingerprint density at radius 2 is 1.45 bits per heavy atom. The molecular formula is C15H11ClO4. The summed E-state index contributed by atoms with van der Waals surface area (Å²) in [6.07, 6.45) is 0. The largest absolute Gasteiger partial charge is 0.424 e. The first-order valence-corrected chi connectivity index (χ1v) is 6.19. The molecule has 102 valence electrons. The van der Waals surface area contributed by atoms with E-state index in [4.69, 9.17) is 16.3 Å². The van der Waals surface area contributed by atoms with E-state index in [1.807, 2.05) is 42.5 Å². The number of benzene rings is 2. The zero-order valence-corrected chi connectivity index (χ0v) is 11.2. The highest BCUT2D eigenvalue weighted by molar-refractivity contribution is 6.61. The molecular weight excluding hydrogens is 280 g/mol. The van der Waals surface area contributed by atoms with Crippen LogP contribution in [0, 0.1) is 0 Å². The molecule has 2 rings (SSSR count). The molecule has 0 N–H and O–H groups in total. The SMILES string of the molecule is O=C(Cl)OCOC(=O)c1ccc(-c2ccccc2)cc1. The van der Waals surface area contributed by atoms with Gasteiger partial charge in [-0.05, 0) is 23.3 Å². The van der Waals surface area contributed by atoms with Crippen LogP contribution >= 0.6 is 11.6 Å². The number of carbonyl (C=O) groups is 2. The maximum atomic E-state index is 11.6. The molecule has 0 aliphatic rings. The fourth-order valence-electron chi connectivity index (χ4n) is 1.64. The van der Waals surface area contributed by atoms with E-state index in [1.54, 1.807) is 12.1 Å². The van der Waals surface area contributed by atoms with Crippen molar-refractivity contribution in [3.63, 3.8) is 0 Å². The van der Waals surface area contributed by atoms with Gasteiger partial charge in [-0.3, -0.25) is 0 Å². The zero-order valence-electron chi connectivity index (χ0n) is 10.4. The Kier molecular flexibility index (Phi) is 4.74. The molecule has 0 unspecified atom stereocenters. The normalized spacial score (nSPS) is 9.85. The van der Waals surface area contributed by atoms with Gasteiger partial charge in [0.15, 0.2) is 0 Å². The average molecular weight is 291 g/mol. The van der Waals surface area contributed by atoms with E-state index in [0.717, 1.165) is 11.1 Å². The summed E-state index contributed by atoms with van der Waals surface area (Å²) in [5, 5.41) is 0. The standard InChI is InChI=1S/C15H11ClO4/c16-15(18)20-10-19-14(17)13-8-6-12(7-9-13)11-4-2-1-3-5-11/h1-9H,10H2. The summed E-state index contributed by atoms with van der Waals surface area (Å²) in [7, 11) is 0. The Labute approximate surface area is 120 Å². The van der Waals surface area contributed by atoms with Crippen molar-refractivity contribution in [2.75, 3.05) is 6.79 Å². The molecule has 4 nitrogen and oxygen atoms in total. The van der Waals surface area contributed by atoms with E-state index in [0.29, 0.717) is 5.56 Å². The van der Waals surface area contributed by atoms with Gasteiger partial charge in [-0.1, -0.05) is 42.5 Å². The van der Waals surface area contributed by atoms with Gasteiger partial charge in [0.05, 0.1) is 5.56 Å². The molecule has 0 heterocycles. The summed E-state index contributed by atoms with van der Waals surface area (Å²) in [6.45, 7) is -0.498. The highest BCUT2D eigenvalue weighted by atomic mass is 35.5. The van der Waals surface area contributed by atoms with Gasteiger partial charge in [0.2, 0.25) is 6.79 Å². The van der Waals surface area contributed by atoms with E-state index >= 15 is 0 Å². The number of ether oxygens (including phenoxy) is 2. The van der Waals surface area contributed by atoms with Gasteiger partial charge < -0.3 is 9.47 Å². The topological polar surface area (TPSA) is 52.6 Å². The summed E-state index contributed by atoms with van der Waals surface area (Å²) in [6, 6.07) is 16.7. The number of carbonyl (C=O) groups excluding carboxylic acids is 2. The van der Waals surface area contributed by atoms with Crippen molar-refractivity contribution in [2.45, 2.75) is 0 Å². The van der Waals surface area contributed by atoms with Crippen molar-refractivity contribution in [3.8, 4) is 11.1 Å². The second kappa shape index (κ2) is 6.73. The quantitative estimate of drug-likeness (QED) is 0.488. The van der Waals surface area contributed by atoms with Crippen LogP contribution in [0.15, 0.2) is 54.6 Å². The first kappa shape index (κ1) is 14.1. The minimum absolute atomic E-state index is 0.371. The fraction of sp³-hybridized carbons (Fsp3) is 0.0667. The fourth-order valence-corrected chi connectivity index (χ4v) is 1.69. The maximum absolute atomic E-state index is 11.6. The molecule has 0 fully saturated rings. The molecule has 0 bridgehead atoms. The van der Waals surface area contributed by atoms with Crippen LogP contribution in [0.3, 0.4) is 0 Å². The summed E-state index contributed by atoms with van der Waals surface area (Å²) in [4.78, 5) is 21.9. The maximum Gasteiger partial charge on any atom is 0.406 e. The molecule has 0 spiro atoms. The lowest BCUT2D eigenvalue weighted by molar-refractivity contribution is 0.00372. The molecule has 0 aliphatic heterocycles. The Morgan fingerprint density at radius 3 is 2.05 bits per heavy atom. The van der Waals surface area contributed by atoms with Crippen LogP contribution in [0.2, 0.25) is 0 Å². The number of halogens is 1. The van der Waals surface area contributed by atoms with Gasteiger partial charge in [0.25, 0.3) is 0 Å². The Balaban J connectivity index is 2.01. The lowest BCUT2D eigenvalue weighted by atomic mass is 10.0. The highest BCUT2D eigenvalue weighted by Crippen LogP contribution is 2.19. The molecule has 2 aromatic carbocycles. The zero-order chi connectivity index (χ0) is 14.4. The smallest absolute Gasteiger partial charge is 0.406 e. The van der Waals surface area contributed by atoms with Gasteiger partial charge in [-0.15, -0.1) is 0 Å². The molecule has 2 aromatic rings. The monoisotopic (exact) mass is 290 g/mol. The predicted octanol–water partition coefficient (Wildman–Crippen LogP) is 3.84. The van der Waals surface area contributed by atoms with Crippen LogP contribution in [0.5, 0.6) is 0 Å². The third kappa shape index (κ3) is 3.83. The highest BCUT2D eigenvalue weighted by Gasteiger charge is 2.08. The van der Waals surface area contributed by atoms with E-state index in [-0.39, 0.29) is 0 Å². The third-order valence-corrected chi connectivity index (χ3v) is 2.70. The molecule has 0 radical (unpaired) electrons. The van der Waals surface area contributed by atoms with Crippen molar-refractivity contribution in [2.24, 2.45) is 0 Å². The lowest BCUT2D eigenvalue weighted by Gasteiger charge is -2.05. The molecule has 0 atom stereocenters. The van der Waals surface area contributed by atoms with Crippen LogP contribution in [0.25, 0.3) is 11.1 Å². The molecule has 20 heavy (non-hydrogen) atoms. The number of hydrogen-bond donors (Lipinski definition) is 0. The molecule has 0 aromatic heterocycles. The first-order valence-electron chi connectivity index (χ1n) is 5.81. The first-order chi connectivity index (χ1) is 9.66. The van der Waals surface area contributed by atoms with Gasteiger partial charge in [0.1, 0.15) is 0 Å². The van der Waals surface area contributed by atoms with Crippen LogP contribution in [0.4, 0.5) is 4.79 Å².